The highest BCUT2D eigenvalue weighted by molar-refractivity contribution is 8.31. The number of hydrogen-bond acceptors (Lipinski definition) is 3. The van der Waals surface area contributed by atoms with E-state index in [1.165, 1.54) is 12.1 Å². The van der Waals surface area contributed by atoms with Crippen molar-refractivity contribution >= 4 is 52.8 Å². The van der Waals surface area contributed by atoms with Gasteiger partial charge in [0.2, 0.25) is 0 Å². The summed E-state index contributed by atoms with van der Waals surface area (Å²) in [6.45, 7) is 0. The van der Waals surface area contributed by atoms with E-state index in [9.17, 15) is 17.6 Å². The van der Waals surface area contributed by atoms with E-state index >= 15 is 0 Å². The van der Waals surface area contributed by atoms with Gasteiger partial charge in [-0.2, -0.15) is 26.7 Å². The number of benzene rings is 1. The molecule has 0 saturated heterocycles. The molecule has 0 N–H and O–H groups in total. The van der Waals surface area contributed by atoms with E-state index in [1.54, 1.807) is 0 Å². The Bertz CT molecular complexity index is 844. The highest BCUT2D eigenvalue weighted by Crippen LogP contribution is 2.40. The van der Waals surface area contributed by atoms with Crippen molar-refractivity contribution < 1.29 is 26.0 Å². The summed E-state index contributed by atoms with van der Waals surface area (Å²) in [7, 11) is 5.90. The maximum atomic E-state index is 13.7. The lowest BCUT2D eigenvalue weighted by atomic mass is 10.1. The van der Waals surface area contributed by atoms with Gasteiger partial charge in [0, 0.05) is 39.0 Å². The summed E-state index contributed by atoms with van der Waals surface area (Å²) in [5, 5.41) is 3.11. The molecule has 0 fully saturated rings. The average molecular weight is 448 g/mol. The van der Waals surface area contributed by atoms with Gasteiger partial charge in [0.05, 0.1) is 5.02 Å². The number of aryl methyl sites for hydroxylation is 1. The van der Waals surface area contributed by atoms with E-state index in [4.69, 9.17) is 31.6 Å². The molecule has 0 radical (unpaired) electrons. The van der Waals surface area contributed by atoms with E-state index in [0.29, 0.717) is 4.68 Å². The molecule has 134 valence electrons. The van der Waals surface area contributed by atoms with E-state index in [2.05, 4.69) is 26.5 Å². The van der Waals surface area contributed by atoms with Crippen LogP contribution in [0.25, 0.3) is 11.3 Å². The maximum absolute atomic E-state index is 13.7. The molecule has 1 heterocycles. The second-order valence-corrected chi connectivity index (χ2v) is 8.62. The van der Waals surface area contributed by atoms with Crippen LogP contribution in [-0.4, -0.2) is 18.2 Å². The molecule has 0 unspecified atom stereocenters. The smallest absolute Gasteiger partial charge is 0.262 e. The first-order valence-corrected chi connectivity index (χ1v) is 9.50. The number of aromatic nitrogens is 2. The van der Waals surface area contributed by atoms with Gasteiger partial charge in [-0.1, -0.05) is 23.2 Å². The minimum atomic E-state index is -4.67. The van der Waals surface area contributed by atoms with E-state index in [0.717, 1.165) is 13.1 Å². The molecule has 4 nitrogen and oxygen atoms in total. The van der Waals surface area contributed by atoms with Crippen molar-refractivity contribution in [2.75, 3.05) is 0 Å². The van der Waals surface area contributed by atoms with Crippen molar-refractivity contribution in [1.29, 1.82) is 0 Å². The number of rotatable bonds is 1. The van der Waals surface area contributed by atoms with Crippen molar-refractivity contribution in [1.82, 2.24) is 9.78 Å². The van der Waals surface area contributed by atoms with Crippen molar-refractivity contribution in [3.8, 4) is 11.3 Å². The fourth-order valence-electron chi connectivity index (χ4n) is 1.66. The van der Waals surface area contributed by atoms with Gasteiger partial charge in [-0.3, -0.25) is 4.68 Å². The predicted octanol–water partition coefficient (Wildman–Crippen LogP) is 5.26. The highest BCUT2D eigenvalue weighted by atomic mass is 36.0. The number of nitrogens with zero attached hydrogens (tertiary/aromatic N) is 2. The SMILES string of the molecule is Cn1nc(-c2ccc(Cl)cc2F)c(Cl)c1C(F)(F)F.O=S(=O)(Cl)Cl. The van der Waals surface area contributed by atoms with Crippen molar-refractivity contribution in [2.45, 2.75) is 6.18 Å². The van der Waals surface area contributed by atoms with Crippen LogP contribution < -0.4 is 0 Å². The van der Waals surface area contributed by atoms with Crippen LogP contribution in [0.4, 0.5) is 17.6 Å². The molecule has 1 aromatic heterocycles. The fourth-order valence-corrected chi connectivity index (χ4v) is 2.19. The van der Waals surface area contributed by atoms with Crippen LogP contribution in [0.15, 0.2) is 18.2 Å². The molecule has 13 heteroatoms. The highest BCUT2D eigenvalue weighted by Gasteiger charge is 2.39. The Balaban J connectivity index is 0.000000505. The molecule has 24 heavy (non-hydrogen) atoms. The van der Waals surface area contributed by atoms with Gasteiger partial charge in [-0.05, 0) is 18.2 Å². The van der Waals surface area contributed by atoms with Crippen molar-refractivity contribution in [2.24, 2.45) is 7.05 Å². The van der Waals surface area contributed by atoms with Crippen LogP contribution in [0.5, 0.6) is 0 Å². The monoisotopic (exact) mass is 446 g/mol. The Morgan fingerprint density at radius 3 is 2.04 bits per heavy atom. The maximum Gasteiger partial charge on any atom is 0.434 e. The fraction of sp³-hybridized carbons (Fsp3) is 0.182. The molecule has 0 bridgehead atoms. The van der Waals surface area contributed by atoms with E-state index < -0.39 is 31.0 Å². The molecule has 0 atom stereocenters. The van der Waals surface area contributed by atoms with Crippen LogP contribution in [0.1, 0.15) is 5.69 Å². The summed E-state index contributed by atoms with van der Waals surface area (Å²) in [6, 6.07) is 3.55. The van der Waals surface area contributed by atoms with Gasteiger partial charge >= 0.3 is 14.4 Å². The second-order valence-electron chi connectivity index (χ2n) is 4.14. The lowest BCUT2D eigenvalue weighted by molar-refractivity contribution is -0.143. The standard InChI is InChI=1S/C11H6Cl2F4N2.Cl2O2S/c1-19-10(11(15,16)17)8(13)9(18-19)6-3-2-5(12)4-7(6)14;1-5(2,3)4/h2-4H,1H3;. The molecule has 0 spiro atoms. The van der Waals surface area contributed by atoms with Crippen LogP contribution >= 0.6 is 44.6 Å². The van der Waals surface area contributed by atoms with Crippen LogP contribution in [0, 0.1) is 5.82 Å². The predicted molar refractivity (Wildman–Crippen MR) is 84.2 cm³/mol. The first kappa shape index (κ1) is 21.3. The molecular formula is C11H6Cl4F4N2O2S. The summed E-state index contributed by atoms with van der Waals surface area (Å²) in [5.41, 5.74) is -1.54. The van der Waals surface area contributed by atoms with Gasteiger partial charge in [-0.15, -0.1) is 0 Å². The zero-order valence-corrected chi connectivity index (χ0v) is 15.2. The van der Waals surface area contributed by atoms with Crippen LogP contribution in [-0.2, 0) is 21.5 Å². The third kappa shape index (κ3) is 5.96. The molecule has 2 aromatic rings. The molecule has 1 aromatic carbocycles. The molecule has 0 amide bonds. The van der Waals surface area contributed by atoms with E-state index in [-0.39, 0.29) is 16.3 Å². The molecule has 0 aliphatic heterocycles. The number of alkyl halides is 3. The summed E-state index contributed by atoms with van der Waals surface area (Å²) < 4.78 is 70.8. The van der Waals surface area contributed by atoms with Gasteiger partial charge < -0.3 is 0 Å². The third-order valence-electron chi connectivity index (χ3n) is 2.44. The average Bonchev–Trinajstić information content (AvgIpc) is 2.61. The normalized spacial score (nSPS) is 11.9. The second kappa shape index (κ2) is 7.65. The van der Waals surface area contributed by atoms with Gasteiger partial charge in [0.15, 0.2) is 5.69 Å². The first-order valence-electron chi connectivity index (χ1n) is 5.61. The lowest BCUT2D eigenvalue weighted by Crippen LogP contribution is -2.12. The summed E-state index contributed by atoms with van der Waals surface area (Å²) >= 11 is 11.2. The Labute approximate surface area is 152 Å². The Hall–Kier alpha value is -0.740. The minimum Gasteiger partial charge on any atom is -0.262 e. The van der Waals surface area contributed by atoms with Gasteiger partial charge in [0.25, 0.3) is 0 Å². The molecule has 0 saturated carbocycles. The number of halogens is 8. The third-order valence-corrected chi connectivity index (χ3v) is 3.04. The molecule has 0 aliphatic carbocycles. The zero-order chi connectivity index (χ0) is 18.9. The molecular weight excluding hydrogens is 442 g/mol. The van der Waals surface area contributed by atoms with E-state index in [1.807, 2.05) is 0 Å². The Morgan fingerprint density at radius 1 is 1.17 bits per heavy atom. The minimum absolute atomic E-state index is 0.129. The number of hydrogen-bond donors (Lipinski definition) is 0. The first-order chi connectivity index (χ1) is 10.7. The quantitative estimate of drug-likeness (QED) is 0.442. The summed E-state index contributed by atoms with van der Waals surface area (Å²) in [5.74, 6) is -0.791. The van der Waals surface area contributed by atoms with Crippen LogP contribution in [0.3, 0.4) is 0 Å². The molecule has 0 aliphatic rings. The van der Waals surface area contributed by atoms with Crippen molar-refractivity contribution in [3.05, 3.63) is 39.8 Å². The molecule has 2 rings (SSSR count). The largest absolute Gasteiger partial charge is 0.434 e. The topological polar surface area (TPSA) is 52.0 Å². The van der Waals surface area contributed by atoms with Crippen LogP contribution in [0.2, 0.25) is 10.0 Å². The summed E-state index contributed by atoms with van der Waals surface area (Å²) in [6.07, 6.45) is -4.67. The lowest BCUT2D eigenvalue weighted by Gasteiger charge is -2.06. The zero-order valence-electron chi connectivity index (χ0n) is 11.4. The van der Waals surface area contributed by atoms with Gasteiger partial charge in [-0.25, -0.2) is 4.39 Å². The Kier molecular flexibility index (Phi) is 6.79. The Morgan fingerprint density at radius 2 is 1.67 bits per heavy atom. The van der Waals surface area contributed by atoms with Crippen molar-refractivity contribution in [3.63, 3.8) is 0 Å². The van der Waals surface area contributed by atoms with Gasteiger partial charge in [0.1, 0.15) is 11.5 Å². The summed E-state index contributed by atoms with van der Waals surface area (Å²) in [4.78, 5) is 0.